The quantitative estimate of drug-likeness (QED) is 0.545. The van der Waals surface area contributed by atoms with E-state index in [0.717, 1.165) is 16.9 Å². The highest BCUT2D eigenvalue weighted by Gasteiger charge is 2.09. The third-order valence-electron chi connectivity index (χ3n) is 3.73. The van der Waals surface area contributed by atoms with E-state index in [-0.39, 0.29) is 6.61 Å². The third kappa shape index (κ3) is 4.68. The van der Waals surface area contributed by atoms with Crippen LogP contribution in [0.1, 0.15) is 12.0 Å². The SMILES string of the molecule is Cc1ccc(Cl)cc1Nc1cc(-c2ccccn2)nc(NCCCO)n1. The van der Waals surface area contributed by atoms with Crippen molar-refractivity contribution in [3.8, 4) is 11.4 Å². The highest BCUT2D eigenvalue weighted by atomic mass is 35.5. The van der Waals surface area contributed by atoms with Gasteiger partial charge >= 0.3 is 0 Å². The average Bonchev–Trinajstić information content (AvgIpc) is 2.65. The zero-order valence-electron chi connectivity index (χ0n) is 14.4. The average molecular weight is 370 g/mol. The zero-order chi connectivity index (χ0) is 18.4. The van der Waals surface area contributed by atoms with Crippen molar-refractivity contribution in [1.29, 1.82) is 0 Å². The molecular formula is C19H20ClN5O. The fraction of sp³-hybridized carbons (Fsp3) is 0.211. The summed E-state index contributed by atoms with van der Waals surface area (Å²) in [4.78, 5) is 13.4. The largest absolute Gasteiger partial charge is 0.396 e. The van der Waals surface area contributed by atoms with Gasteiger partial charge in [0.2, 0.25) is 5.95 Å². The van der Waals surface area contributed by atoms with E-state index in [1.165, 1.54) is 0 Å². The molecule has 0 radical (unpaired) electrons. The molecule has 0 atom stereocenters. The van der Waals surface area contributed by atoms with E-state index in [0.29, 0.717) is 35.4 Å². The monoisotopic (exact) mass is 369 g/mol. The van der Waals surface area contributed by atoms with Crippen molar-refractivity contribution in [2.24, 2.45) is 0 Å². The molecule has 1 aromatic carbocycles. The van der Waals surface area contributed by atoms with Gasteiger partial charge in [0, 0.05) is 36.1 Å². The first-order valence-corrected chi connectivity index (χ1v) is 8.72. The van der Waals surface area contributed by atoms with Crippen LogP contribution in [0.5, 0.6) is 0 Å². The fourth-order valence-corrected chi connectivity index (χ4v) is 2.55. The second kappa shape index (κ2) is 8.60. The maximum Gasteiger partial charge on any atom is 0.225 e. The number of nitrogens with zero attached hydrogens (tertiary/aromatic N) is 3. The van der Waals surface area contributed by atoms with Gasteiger partial charge in [-0.15, -0.1) is 0 Å². The number of pyridine rings is 1. The van der Waals surface area contributed by atoms with E-state index in [2.05, 4.69) is 25.6 Å². The van der Waals surface area contributed by atoms with Crippen molar-refractivity contribution in [1.82, 2.24) is 15.0 Å². The van der Waals surface area contributed by atoms with Crippen molar-refractivity contribution in [2.75, 3.05) is 23.8 Å². The van der Waals surface area contributed by atoms with E-state index in [4.69, 9.17) is 16.7 Å². The van der Waals surface area contributed by atoms with Crippen molar-refractivity contribution < 1.29 is 5.11 Å². The molecule has 26 heavy (non-hydrogen) atoms. The zero-order valence-corrected chi connectivity index (χ0v) is 15.2. The number of halogens is 1. The molecule has 0 aliphatic rings. The molecule has 134 valence electrons. The molecule has 0 unspecified atom stereocenters. The van der Waals surface area contributed by atoms with Crippen molar-refractivity contribution in [3.63, 3.8) is 0 Å². The van der Waals surface area contributed by atoms with Gasteiger partial charge in [-0.1, -0.05) is 23.7 Å². The fourth-order valence-electron chi connectivity index (χ4n) is 2.38. The lowest BCUT2D eigenvalue weighted by molar-refractivity contribution is 0.292. The molecule has 3 aromatic rings. The van der Waals surface area contributed by atoms with Gasteiger partial charge in [-0.2, -0.15) is 4.98 Å². The van der Waals surface area contributed by atoms with Crippen LogP contribution in [0.2, 0.25) is 5.02 Å². The molecule has 0 aliphatic heterocycles. The molecule has 0 saturated heterocycles. The minimum Gasteiger partial charge on any atom is -0.396 e. The van der Waals surface area contributed by atoms with Gasteiger partial charge in [0.1, 0.15) is 5.82 Å². The number of hydrogen-bond donors (Lipinski definition) is 3. The lowest BCUT2D eigenvalue weighted by Gasteiger charge is -2.13. The summed E-state index contributed by atoms with van der Waals surface area (Å²) in [6.45, 7) is 2.69. The predicted octanol–water partition coefficient (Wildman–Crippen LogP) is 4.04. The minimum atomic E-state index is 0.111. The number of aryl methyl sites for hydroxylation is 1. The first kappa shape index (κ1) is 18.1. The number of benzene rings is 1. The molecule has 0 aliphatic carbocycles. The molecule has 0 bridgehead atoms. The van der Waals surface area contributed by atoms with Gasteiger partial charge in [0.05, 0.1) is 11.4 Å². The van der Waals surface area contributed by atoms with E-state index in [1.807, 2.05) is 49.4 Å². The highest BCUT2D eigenvalue weighted by molar-refractivity contribution is 6.30. The normalized spacial score (nSPS) is 10.6. The molecule has 3 rings (SSSR count). The molecule has 0 fully saturated rings. The minimum absolute atomic E-state index is 0.111. The Labute approximate surface area is 157 Å². The lowest BCUT2D eigenvalue weighted by atomic mass is 10.2. The van der Waals surface area contributed by atoms with Gasteiger partial charge < -0.3 is 15.7 Å². The van der Waals surface area contributed by atoms with E-state index in [1.54, 1.807) is 6.20 Å². The summed E-state index contributed by atoms with van der Waals surface area (Å²) in [7, 11) is 0. The number of aromatic nitrogens is 3. The van der Waals surface area contributed by atoms with Crippen LogP contribution in [0.15, 0.2) is 48.7 Å². The Morgan fingerprint density at radius 1 is 1.08 bits per heavy atom. The molecule has 3 N–H and O–H groups in total. The number of aliphatic hydroxyl groups excluding tert-OH is 1. The number of rotatable bonds is 7. The summed E-state index contributed by atoms with van der Waals surface area (Å²) in [5.74, 6) is 1.11. The molecule has 0 saturated carbocycles. The van der Waals surface area contributed by atoms with E-state index >= 15 is 0 Å². The smallest absolute Gasteiger partial charge is 0.225 e. The van der Waals surface area contributed by atoms with Crippen LogP contribution in [-0.2, 0) is 0 Å². The Morgan fingerprint density at radius 2 is 1.96 bits per heavy atom. The van der Waals surface area contributed by atoms with E-state index in [9.17, 15) is 0 Å². The molecular weight excluding hydrogens is 350 g/mol. The van der Waals surface area contributed by atoms with Crippen molar-refractivity contribution in [2.45, 2.75) is 13.3 Å². The van der Waals surface area contributed by atoms with Crippen LogP contribution in [0.4, 0.5) is 17.5 Å². The Hall–Kier alpha value is -2.70. The second-order valence-electron chi connectivity index (χ2n) is 5.77. The Balaban J connectivity index is 1.95. The molecule has 6 nitrogen and oxygen atoms in total. The second-order valence-corrected chi connectivity index (χ2v) is 6.20. The standard InChI is InChI=1S/C19H20ClN5O/c1-13-6-7-14(20)11-16(13)23-18-12-17(15-5-2-3-8-21-15)24-19(25-18)22-9-4-10-26/h2-3,5-8,11-12,26H,4,9-10H2,1H3,(H2,22,23,24,25). The van der Waals surface area contributed by atoms with Crippen molar-refractivity contribution >= 4 is 29.1 Å². The van der Waals surface area contributed by atoms with Crippen LogP contribution in [0.25, 0.3) is 11.4 Å². The van der Waals surface area contributed by atoms with Crippen LogP contribution in [0.3, 0.4) is 0 Å². The summed E-state index contributed by atoms with van der Waals surface area (Å²) in [5.41, 5.74) is 3.40. The Bertz CT molecular complexity index is 873. The predicted molar refractivity (Wildman–Crippen MR) is 105 cm³/mol. The maximum absolute atomic E-state index is 8.97. The van der Waals surface area contributed by atoms with Gasteiger partial charge in [-0.3, -0.25) is 4.98 Å². The van der Waals surface area contributed by atoms with Crippen LogP contribution in [0, 0.1) is 6.92 Å². The van der Waals surface area contributed by atoms with Crippen molar-refractivity contribution in [3.05, 3.63) is 59.2 Å². The number of anilines is 3. The number of hydrogen-bond acceptors (Lipinski definition) is 6. The molecule has 7 heteroatoms. The first-order valence-electron chi connectivity index (χ1n) is 8.34. The summed E-state index contributed by atoms with van der Waals surface area (Å²) in [5, 5.41) is 16.1. The van der Waals surface area contributed by atoms with E-state index < -0.39 is 0 Å². The van der Waals surface area contributed by atoms with Gasteiger partial charge in [0.15, 0.2) is 0 Å². The summed E-state index contributed by atoms with van der Waals surface area (Å²) in [6, 6.07) is 13.2. The van der Waals surface area contributed by atoms with Crippen LogP contribution >= 0.6 is 11.6 Å². The summed E-state index contributed by atoms with van der Waals surface area (Å²) in [6.07, 6.45) is 2.35. The van der Waals surface area contributed by atoms with Crippen LogP contribution < -0.4 is 10.6 Å². The van der Waals surface area contributed by atoms with Gasteiger partial charge in [-0.05, 0) is 43.2 Å². The lowest BCUT2D eigenvalue weighted by Crippen LogP contribution is -2.09. The summed E-state index contributed by atoms with van der Waals surface area (Å²) < 4.78 is 0. The Kier molecular flexibility index (Phi) is 5.99. The topological polar surface area (TPSA) is 83.0 Å². The molecule has 2 heterocycles. The first-order chi connectivity index (χ1) is 12.7. The van der Waals surface area contributed by atoms with Gasteiger partial charge in [-0.25, -0.2) is 4.98 Å². The highest BCUT2D eigenvalue weighted by Crippen LogP contribution is 2.26. The maximum atomic E-state index is 8.97. The third-order valence-corrected chi connectivity index (χ3v) is 3.97. The number of nitrogens with one attached hydrogen (secondary N) is 2. The number of aliphatic hydroxyl groups is 1. The van der Waals surface area contributed by atoms with Gasteiger partial charge in [0.25, 0.3) is 0 Å². The molecule has 2 aromatic heterocycles. The Morgan fingerprint density at radius 3 is 2.73 bits per heavy atom. The van der Waals surface area contributed by atoms with Crippen LogP contribution in [-0.4, -0.2) is 33.2 Å². The molecule has 0 amide bonds. The molecule has 0 spiro atoms. The summed E-state index contributed by atoms with van der Waals surface area (Å²) >= 11 is 6.11.